The van der Waals surface area contributed by atoms with E-state index >= 15 is 0 Å². The Morgan fingerprint density at radius 1 is 1.62 bits per heavy atom. The molecule has 0 aliphatic rings. The SMILES string of the molecule is CC(CC(=O)NN)Sc1ccc(N)c(Cl)c1. The molecule has 0 spiro atoms. The van der Waals surface area contributed by atoms with Crippen LogP contribution in [0.3, 0.4) is 0 Å². The van der Waals surface area contributed by atoms with E-state index in [1.165, 1.54) is 0 Å². The van der Waals surface area contributed by atoms with E-state index in [-0.39, 0.29) is 11.2 Å². The van der Waals surface area contributed by atoms with Gasteiger partial charge in [0.2, 0.25) is 5.91 Å². The van der Waals surface area contributed by atoms with Crippen LogP contribution in [0.4, 0.5) is 5.69 Å². The second kappa shape index (κ2) is 5.98. The van der Waals surface area contributed by atoms with Gasteiger partial charge in [-0.3, -0.25) is 10.2 Å². The number of anilines is 1. The molecule has 0 saturated heterocycles. The van der Waals surface area contributed by atoms with Crippen molar-refractivity contribution in [2.75, 3.05) is 5.73 Å². The van der Waals surface area contributed by atoms with E-state index in [0.29, 0.717) is 17.1 Å². The van der Waals surface area contributed by atoms with Crippen molar-refractivity contribution in [2.45, 2.75) is 23.5 Å². The fraction of sp³-hybridized carbons (Fsp3) is 0.300. The Labute approximate surface area is 104 Å². The van der Waals surface area contributed by atoms with E-state index < -0.39 is 0 Å². The Balaban J connectivity index is 2.59. The standard InChI is InChI=1S/C10H14ClN3OS/c1-6(4-10(15)14-13)16-7-2-3-9(12)8(11)5-7/h2-3,5-6H,4,12-13H2,1H3,(H,14,15). The van der Waals surface area contributed by atoms with Gasteiger partial charge in [0.15, 0.2) is 0 Å². The summed E-state index contributed by atoms with van der Waals surface area (Å²) in [4.78, 5) is 12.0. The molecule has 0 radical (unpaired) electrons. The first kappa shape index (κ1) is 13.2. The molecule has 4 nitrogen and oxygen atoms in total. The van der Waals surface area contributed by atoms with Crippen LogP contribution < -0.4 is 17.0 Å². The lowest BCUT2D eigenvalue weighted by Crippen LogP contribution is -2.31. The first-order valence-corrected chi connectivity index (χ1v) is 6.00. The van der Waals surface area contributed by atoms with Gasteiger partial charge in [-0.15, -0.1) is 11.8 Å². The molecule has 1 unspecified atom stereocenters. The van der Waals surface area contributed by atoms with E-state index in [2.05, 4.69) is 5.43 Å². The van der Waals surface area contributed by atoms with Crippen LogP contribution >= 0.6 is 23.4 Å². The van der Waals surface area contributed by atoms with E-state index in [1.54, 1.807) is 23.9 Å². The van der Waals surface area contributed by atoms with Gasteiger partial charge >= 0.3 is 0 Å². The number of benzene rings is 1. The average molecular weight is 260 g/mol. The maximum atomic E-state index is 11.0. The number of nitrogen functional groups attached to an aromatic ring is 1. The molecular formula is C10H14ClN3OS. The fourth-order valence-corrected chi connectivity index (χ4v) is 2.45. The van der Waals surface area contributed by atoms with Gasteiger partial charge in [0.05, 0.1) is 10.7 Å². The summed E-state index contributed by atoms with van der Waals surface area (Å²) in [5.74, 6) is 4.83. The zero-order chi connectivity index (χ0) is 12.1. The maximum absolute atomic E-state index is 11.0. The summed E-state index contributed by atoms with van der Waals surface area (Å²) in [6.07, 6.45) is 0.364. The molecule has 16 heavy (non-hydrogen) atoms. The van der Waals surface area contributed by atoms with Gasteiger partial charge in [-0.1, -0.05) is 18.5 Å². The van der Waals surface area contributed by atoms with Crippen molar-refractivity contribution < 1.29 is 4.79 Å². The second-order valence-corrected chi connectivity index (χ2v) is 5.30. The van der Waals surface area contributed by atoms with Crippen LogP contribution in [0.1, 0.15) is 13.3 Å². The molecule has 0 aliphatic carbocycles. The molecule has 0 saturated carbocycles. The topological polar surface area (TPSA) is 81.1 Å². The van der Waals surface area contributed by atoms with Crippen LogP contribution in [0, 0.1) is 0 Å². The third-order valence-electron chi connectivity index (χ3n) is 1.94. The minimum atomic E-state index is -0.179. The summed E-state index contributed by atoms with van der Waals surface area (Å²) in [6.45, 7) is 1.95. The maximum Gasteiger partial charge on any atom is 0.234 e. The number of halogens is 1. The number of hydrogen-bond acceptors (Lipinski definition) is 4. The lowest BCUT2D eigenvalue weighted by molar-refractivity contribution is -0.121. The fourth-order valence-electron chi connectivity index (χ4n) is 1.18. The van der Waals surface area contributed by atoms with Gasteiger partial charge in [-0.2, -0.15) is 0 Å². The predicted molar refractivity (Wildman–Crippen MR) is 68.1 cm³/mol. The van der Waals surface area contributed by atoms with Gasteiger partial charge in [-0.05, 0) is 18.2 Å². The summed E-state index contributed by atoms with van der Waals surface area (Å²) >= 11 is 7.45. The van der Waals surface area contributed by atoms with Crippen molar-refractivity contribution in [1.82, 2.24) is 5.43 Å². The number of nitrogens with two attached hydrogens (primary N) is 2. The lowest BCUT2D eigenvalue weighted by atomic mass is 10.3. The van der Waals surface area contributed by atoms with Crippen LogP contribution in [0.2, 0.25) is 5.02 Å². The first-order valence-electron chi connectivity index (χ1n) is 4.74. The molecule has 1 aromatic rings. The smallest absolute Gasteiger partial charge is 0.234 e. The predicted octanol–water partition coefficient (Wildman–Crippen LogP) is 1.78. The van der Waals surface area contributed by atoms with E-state index in [1.807, 2.05) is 13.0 Å². The molecule has 88 valence electrons. The molecular weight excluding hydrogens is 246 g/mol. The number of rotatable bonds is 4. The Bertz CT molecular complexity index is 386. The number of carbonyl (C=O) groups excluding carboxylic acids is 1. The Kier molecular flexibility index (Phi) is 4.92. The second-order valence-electron chi connectivity index (χ2n) is 3.38. The Morgan fingerprint density at radius 2 is 2.31 bits per heavy atom. The number of hydrazine groups is 1. The van der Waals surface area contributed by atoms with Crippen LogP contribution in [0.25, 0.3) is 0 Å². The quantitative estimate of drug-likeness (QED) is 0.253. The molecule has 1 aromatic carbocycles. The van der Waals surface area contributed by atoms with E-state index in [0.717, 1.165) is 4.90 Å². The lowest BCUT2D eigenvalue weighted by Gasteiger charge is -2.10. The molecule has 5 N–H and O–H groups in total. The summed E-state index contributed by atoms with van der Waals surface area (Å²) in [7, 11) is 0. The summed E-state index contributed by atoms with van der Waals surface area (Å²) < 4.78 is 0. The highest BCUT2D eigenvalue weighted by Crippen LogP contribution is 2.29. The van der Waals surface area contributed by atoms with Crippen molar-refractivity contribution in [2.24, 2.45) is 5.84 Å². The Morgan fingerprint density at radius 3 is 2.88 bits per heavy atom. The number of amides is 1. The largest absolute Gasteiger partial charge is 0.398 e. The minimum absolute atomic E-state index is 0.128. The van der Waals surface area contributed by atoms with Gasteiger partial charge in [0.25, 0.3) is 0 Å². The van der Waals surface area contributed by atoms with Crippen LogP contribution in [-0.2, 0) is 4.79 Å². The van der Waals surface area contributed by atoms with Gasteiger partial charge < -0.3 is 5.73 Å². The molecule has 1 amide bonds. The summed E-state index contributed by atoms with van der Waals surface area (Å²) in [5.41, 5.74) is 8.26. The van der Waals surface area contributed by atoms with Crippen LogP contribution in [0.5, 0.6) is 0 Å². The minimum Gasteiger partial charge on any atom is -0.398 e. The van der Waals surface area contributed by atoms with Crippen LogP contribution in [-0.4, -0.2) is 11.2 Å². The highest BCUT2D eigenvalue weighted by Gasteiger charge is 2.10. The number of carbonyl (C=O) groups is 1. The summed E-state index contributed by atoms with van der Waals surface area (Å²) in [6, 6.07) is 5.42. The van der Waals surface area contributed by atoms with Crippen molar-refractivity contribution in [3.05, 3.63) is 23.2 Å². The molecule has 0 fully saturated rings. The number of hydrogen-bond donors (Lipinski definition) is 3. The number of thioether (sulfide) groups is 1. The van der Waals surface area contributed by atoms with E-state index in [9.17, 15) is 4.79 Å². The van der Waals surface area contributed by atoms with Crippen molar-refractivity contribution in [3.8, 4) is 0 Å². The molecule has 1 rings (SSSR count). The summed E-state index contributed by atoms with van der Waals surface area (Å²) in [5, 5.41) is 0.656. The molecule has 0 heterocycles. The van der Waals surface area contributed by atoms with Gasteiger partial charge in [0, 0.05) is 16.6 Å². The van der Waals surface area contributed by atoms with Crippen LogP contribution in [0.15, 0.2) is 23.1 Å². The third-order valence-corrected chi connectivity index (χ3v) is 3.37. The van der Waals surface area contributed by atoms with Crippen molar-refractivity contribution in [3.63, 3.8) is 0 Å². The molecule has 6 heteroatoms. The number of nitrogens with one attached hydrogen (secondary N) is 1. The van der Waals surface area contributed by atoms with Gasteiger partial charge in [-0.25, -0.2) is 5.84 Å². The molecule has 1 atom stereocenters. The normalized spacial score (nSPS) is 12.2. The zero-order valence-corrected chi connectivity index (χ0v) is 10.4. The Hall–Kier alpha value is -0.910. The first-order chi connectivity index (χ1) is 7.52. The van der Waals surface area contributed by atoms with Crippen molar-refractivity contribution in [1.29, 1.82) is 0 Å². The molecule has 0 bridgehead atoms. The molecule has 0 aromatic heterocycles. The highest BCUT2D eigenvalue weighted by molar-refractivity contribution is 8.00. The average Bonchev–Trinajstić information content (AvgIpc) is 2.23. The highest BCUT2D eigenvalue weighted by atomic mass is 35.5. The monoisotopic (exact) mass is 259 g/mol. The zero-order valence-electron chi connectivity index (χ0n) is 8.87. The van der Waals surface area contributed by atoms with E-state index in [4.69, 9.17) is 23.2 Å². The third kappa shape index (κ3) is 3.92. The van der Waals surface area contributed by atoms with Crippen molar-refractivity contribution >= 4 is 35.0 Å². The van der Waals surface area contributed by atoms with Gasteiger partial charge in [0.1, 0.15) is 0 Å². The molecule has 0 aliphatic heterocycles.